The van der Waals surface area contributed by atoms with Crippen LogP contribution in [0.25, 0.3) is 16.8 Å². The van der Waals surface area contributed by atoms with E-state index in [0.29, 0.717) is 5.41 Å². The minimum Gasteiger partial charge on any atom is -0.358 e. The van der Waals surface area contributed by atoms with E-state index >= 15 is 0 Å². The van der Waals surface area contributed by atoms with Crippen molar-refractivity contribution in [3.8, 4) is 0 Å². The Labute approximate surface area is 135 Å². The van der Waals surface area contributed by atoms with E-state index in [1.54, 1.807) is 0 Å². The second kappa shape index (κ2) is 5.67. The van der Waals surface area contributed by atoms with Gasteiger partial charge in [0.25, 0.3) is 0 Å². The minimum atomic E-state index is 0. The molecule has 0 N–H and O–H groups in total. The molecule has 2 aromatic carbocycles. The number of hydrogen-bond acceptors (Lipinski definition) is 0. The first-order chi connectivity index (χ1) is 7.66. The van der Waals surface area contributed by atoms with Gasteiger partial charge in [0.2, 0.25) is 0 Å². The maximum Gasteiger partial charge on any atom is 0 e. The van der Waals surface area contributed by atoms with Crippen molar-refractivity contribution in [3.05, 3.63) is 61.0 Å². The van der Waals surface area contributed by atoms with Crippen LogP contribution >= 0.6 is 0 Å². The molecule has 3 rings (SSSR count). The summed E-state index contributed by atoms with van der Waals surface area (Å²) in [6, 6.07) is 13.1. The van der Waals surface area contributed by atoms with Crippen LogP contribution in [-0.4, -0.2) is 0 Å². The Kier molecular flexibility index (Phi) is 4.92. The van der Waals surface area contributed by atoms with Gasteiger partial charge in [-0.3, -0.25) is 0 Å². The van der Waals surface area contributed by atoms with Crippen molar-refractivity contribution in [2.75, 3.05) is 0 Å². The predicted octanol–water partition coefficient (Wildman–Crippen LogP) is 4.88. The molecule has 0 nitrogen and oxygen atoms in total. The van der Waals surface area contributed by atoms with Crippen molar-refractivity contribution >= 4 is 16.8 Å². The normalized spacial score (nSPS) is 15.4. The Morgan fingerprint density at radius 1 is 1.00 bits per heavy atom. The summed E-state index contributed by atoms with van der Waals surface area (Å²) in [5.74, 6) is 0. The molecule has 0 bridgehead atoms. The molecule has 0 aromatic heterocycles. The van der Waals surface area contributed by atoms with Gasteiger partial charge in [-0.05, 0) is 33.7 Å². The second-order valence-electron chi connectivity index (χ2n) is 5.36. The zero-order valence-electron chi connectivity index (χ0n) is 11.4. The molecular formula is C17H19Y-. The molecule has 0 saturated carbocycles. The number of benzene rings is 2. The molecule has 2 aromatic rings. The van der Waals surface area contributed by atoms with Crippen molar-refractivity contribution in [3.63, 3.8) is 0 Å². The summed E-state index contributed by atoms with van der Waals surface area (Å²) in [5.41, 5.74) is 3.19. The maximum atomic E-state index is 2.34. The van der Waals surface area contributed by atoms with Crippen molar-refractivity contribution in [2.45, 2.75) is 20.3 Å². The van der Waals surface area contributed by atoms with Gasteiger partial charge in [0.05, 0.1) is 0 Å². The van der Waals surface area contributed by atoms with Gasteiger partial charge in [0.1, 0.15) is 0 Å². The molecule has 0 amide bonds. The molecule has 0 unspecified atom stereocenters. The van der Waals surface area contributed by atoms with Crippen molar-refractivity contribution in [1.29, 1.82) is 0 Å². The van der Waals surface area contributed by atoms with Crippen LogP contribution in [0.5, 0.6) is 0 Å². The Hall–Kier alpha value is -0.456. The molecule has 0 heterocycles. The summed E-state index contributed by atoms with van der Waals surface area (Å²) >= 11 is 0. The fourth-order valence-electron chi connectivity index (χ4n) is 2.55. The second-order valence-corrected chi connectivity index (χ2v) is 5.36. The average Bonchev–Trinajstić information content (AvgIpc) is 2.27. The fraction of sp³-hybridized carbons (Fsp3) is 0.235. The topological polar surface area (TPSA) is 0 Å². The van der Waals surface area contributed by atoms with Gasteiger partial charge in [-0.15, -0.1) is 0 Å². The standard InChI is InChI=1S/C16H16.CH3.Y/c1-16(2)10-9-15-13(11-16)8-7-12-5-3-4-6-14(12)15;;/h3-10H,11H2,1-2H3;1H3;/q;-1;. The van der Waals surface area contributed by atoms with Gasteiger partial charge in [0.15, 0.2) is 0 Å². The average molecular weight is 312 g/mol. The third-order valence-corrected chi connectivity index (χ3v) is 3.41. The Morgan fingerprint density at radius 3 is 2.50 bits per heavy atom. The predicted molar refractivity (Wildman–Crippen MR) is 76.9 cm³/mol. The van der Waals surface area contributed by atoms with E-state index in [2.05, 4.69) is 62.4 Å². The molecule has 1 aliphatic carbocycles. The number of hydrogen-bond donors (Lipinski definition) is 0. The molecule has 0 fully saturated rings. The van der Waals surface area contributed by atoms with Gasteiger partial charge < -0.3 is 7.43 Å². The summed E-state index contributed by atoms with van der Waals surface area (Å²) in [4.78, 5) is 0. The summed E-state index contributed by atoms with van der Waals surface area (Å²) < 4.78 is 0. The van der Waals surface area contributed by atoms with Crippen molar-refractivity contribution in [1.82, 2.24) is 0 Å². The van der Waals surface area contributed by atoms with E-state index in [9.17, 15) is 0 Å². The van der Waals surface area contributed by atoms with Crippen LogP contribution in [-0.2, 0) is 39.1 Å². The van der Waals surface area contributed by atoms with Crippen LogP contribution in [0, 0.1) is 12.8 Å². The largest absolute Gasteiger partial charge is 0.358 e. The zero-order valence-corrected chi connectivity index (χ0v) is 14.2. The van der Waals surface area contributed by atoms with Crippen molar-refractivity contribution < 1.29 is 32.7 Å². The van der Waals surface area contributed by atoms with Crippen LogP contribution in [0.15, 0.2) is 42.5 Å². The minimum absolute atomic E-state index is 0. The monoisotopic (exact) mass is 312 g/mol. The molecule has 0 spiro atoms. The van der Waals surface area contributed by atoms with Crippen LogP contribution in [0.3, 0.4) is 0 Å². The molecule has 0 saturated heterocycles. The van der Waals surface area contributed by atoms with Crippen LogP contribution < -0.4 is 0 Å². The van der Waals surface area contributed by atoms with Gasteiger partial charge in [-0.2, -0.15) is 0 Å². The summed E-state index contributed by atoms with van der Waals surface area (Å²) in [5, 5.41) is 2.72. The molecule has 0 aliphatic heterocycles. The third kappa shape index (κ3) is 2.76. The van der Waals surface area contributed by atoms with Crippen LogP contribution in [0.2, 0.25) is 0 Å². The SMILES string of the molecule is CC1(C)C=Cc2c(ccc3ccccc23)C1.[CH3-].[Y]. The van der Waals surface area contributed by atoms with E-state index in [1.807, 2.05) is 0 Å². The molecule has 18 heavy (non-hydrogen) atoms. The first-order valence-corrected chi connectivity index (χ1v) is 5.86. The summed E-state index contributed by atoms with van der Waals surface area (Å²) in [6.07, 6.45) is 5.77. The van der Waals surface area contributed by atoms with E-state index in [0.717, 1.165) is 6.42 Å². The molecule has 91 valence electrons. The van der Waals surface area contributed by atoms with Gasteiger partial charge in [0, 0.05) is 32.7 Å². The van der Waals surface area contributed by atoms with E-state index in [4.69, 9.17) is 0 Å². The molecule has 1 heteroatoms. The van der Waals surface area contributed by atoms with E-state index in [1.165, 1.54) is 21.9 Å². The number of allylic oxidation sites excluding steroid dienone is 1. The van der Waals surface area contributed by atoms with E-state index < -0.39 is 0 Å². The third-order valence-electron chi connectivity index (χ3n) is 3.41. The molecule has 1 radical (unpaired) electrons. The zero-order chi connectivity index (χ0) is 11.2. The maximum absolute atomic E-state index is 2.34. The van der Waals surface area contributed by atoms with Crippen LogP contribution in [0.4, 0.5) is 0 Å². The van der Waals surface area contributed by atoms with E-state index in [-0.39, 0.29) is 40.1 Å². The Morgan fingerprint density at radius 2 is 1.72 bits per heavy atom. The Bertz CT molecular complexity index is 579. The first kappa shape index (κ1) is 15.6. The van der Waals surface area contributed by atoms with Gasteiger partial charge in [-0.1, -0.05) is 62.4 Å². The van der Waals surface area contributed by atoms with Crippen molar-refractivity contribution in [2.24, 2.45) is 5.41 Å². The number of rotatable bonds is 0. The number of fused-ring (bicyclic) bond motifs is 3. The molecule has 0 atom stereocenters. The van der Waals surface area contributed by atoms with Gasteiger partial charge in [-0.25, -0.2) is 0 Å². The van der Waals surface area contributed by atoms with Crippen LogP contribution in [0.1, 0.15) is 25.0 Å². The Balaban J connectivity index is 0.000000810. The first-order valence-electron chi connectivity index (χ1n) is 5.86. The fourth-order valence-corrected chi connectivity index (χ4v) is 2.55. The smallest absolute Gasteiger partial charge is 0 e. The summed E-state index contributed by atoms with van der Waals surface area (Å²) in [7, 11) is 0. The summed E-state index contributed by atoms with van der Waals surface area (Å²) in [6.45, 7) is 4.59. The quantitative estimate of drug-likeness (QED) is 0.608. The van der Waals surface area contributed by atoms with Gasteiger partial charge >= 0.3 is 0 Å². The molecular weight excluding hydrogens is 293 g/mol. The molecule has 1 aliphatic rings.